The molecule has 3 heterocycles. The summed E-state index contributed by atoms with van der Waals surface area (Å²) < 4.78 is 39.3. The van der Waals surface area contributed by atoms with Crippen molar-refractivity contribution in [1.29, 1.82) is 0 Å². The van der Waals surface area contributed by atoms with Crippen LogP contribution in [0.2, 0.25) is 0 Å². The molecule has 0 radical (unpaired) electrons. The van der Waals surface area contributed by atoms with E-state index in [2.05, 4.69) is 0 Å². The number of carboxylic acid groups (broad SMARTS) is 1. The maximum Gasteiger partial charge on any atom is 0.317 e. The van der Waals surface area contributed by atoms with Gasteiger partial charge in [-0.25, -0.2) is 0 Å². The highest BCUT2D eigenvalue weighted by Crippen LogP contribution is 2.56. The fourth-order valence-corrected chi connectivity index (χ4v) is 4.92. The molecule has 1 fully saturated rings. The van der Waals surface area contributed by atoms with E-state index in [1.165, 1.54) is 0 Å². The van der Waals surface area contributed by atoms with E-state index in [1.807, 2.05) is 12.1 Å². The minimum atomic E-state index is -1.68. The second-order valence-corrected chi connectivity index (χ2v) is 9.26. The van der Waals surface area contributed by atoms with Crippen molar-refractivity contribution in [2.24, 2.45) is 0 Å². The third kappa shape index (κ3) is 5.01. The van der Waals surface area contributed by atoms with E-state index < -0.39 is 55.7 Å². The first kappa shape index (κ1) is 26.8. The Balaban J connectivity index is 1.30. The number of aliphatic hydroxyl groups is 3. The van der Waals surface area contributed by atoms with Gasteiger partial charge in [0.25, 0.3) is 0 Å². The molecule has 0 saturated carbocycles. The van der Waals surface area contributed by atoms with Crippen molar-refractivity contribution in [3.05, 3.63) is 41.5 Å². The van der Waals surface area contributed by atoms with Crippen LogP contribution in [0.25, 0.3) is 0 Å². The van der Waals surface area contributed by atoms with Gasteiger partial charge < -0.3 is 53.6 Å². The van der Waals surface area contributed by atoms with Gasteiger partial charge in [-0.2, -0.15) is 0 Å². The number of hydrogen-bond acceptors (Lipinski definition) is 12. The van der Waals surface area contributed by atoms with Crippen molar-refractivity contribution in [2.75, 3.05) is 27.4 Å². The lowest BCUT2D eigenvalue weighted by Gasteiger charge is -2.40. The van der Waals surface area contributed by atoms with Gasteiger partial charge in [-0.1, -0.05) is 6.07 Å². The Morgan fingerprint density at radius 1 is 1.00 bits per heavy atom. The van der Waals surface area contributed by atoms with Gasteiger partial charge in [0.05, 0.1) is 26.7 Å². The van der Waals surface area contributed by atoms with E-state index in [-0.39, 0.29) is 17.8 Å². The van der Waals surface area contributed by atoms with E-state index in [0.717, 1.165) is 11.1 Å². The summed E-state index contributed by atoms with van der Waals surface area (Å²) in [6.07, 6.45) is -8.88. The van der Waals surface area contributed by atoms with Crippen LogP contribution in [-0.2, 0) is 19.1 Å². The number of aliphatic hydroxyl groups excluding tert-OH is 3. The Morgan fingerprint density at radius 2 is 1.77 bits per heavy atom. The molecule has 13 nitrogen and oxygen atoms in total. The van der Waals surface area contributed by atoms with Crippen LogP contribution in [0.15, 0.2) is 30.3 Å². The number of ether oxygens (including phenoxy) is 7. The smallest absolute Gasteiger partial charge is 0.317 e. The first-order valence-electron chi connectivity index (χ1n) is 12.1. The largest absolute Gasteiger partial charge is 0.493 e. The third-order valence-electron chi connectivity index (χ3n) is 6.88. The van der Waals surface area contributed by atoms with Crippen molar-refractivity contribution in [1.82, 2.24) is 0 Å². The number of fused-ring (bicyclic) bond motifs is 5. The number of carboxylic acids is 1. The summed E-state index contributed by atoms with van der Waals surface area (Å²) in [4.78, 5) is 22.2. The van der Waals surface area contributed by atoms with Crippen molar-refractivity contribution < 1.29 is 63.2 Å². The summed E-state index contributed by atoms with van der Waals surface area (Å²) in [6.45, 7) is -0.236. The summed E-state index contributed by atoms with van der Waals surface area (Å²) in [5.41, 5.74) is 1.70. The molecular formula is C26H28O13. The Hall–Kier alpha value is -3.78. The molecule has 0 unspecified atom stereocenters. The number of aliphatic carboxylic acids is 1. The zero-order valence-corrected chi connectivity index (χ0v) is 21.0. The summed E-state index contributed by atoms with van der Waals surface area (Å²) >= 11 is 0. The second kappa shape index (κ2) is 10.8. The second-order valence-electron chi connectivity index (χ2n) is 9.26. The molecule has 210 valence electrons. The van der Waals surface area contributed by atoms with Crippen LogP contribution in [-0.4, -0.2) is 90.5 Å². The number of methoxy groups -OCH3 is 2. The number of rotatable bonds is 8. The van der Waals surface area contributed by atoms with Gasteiger partial charge in [0.15, 0.2) is 11.5 Å². The zero-order chi connectivity index (χ0) is 27.8. The number of carbonyl (C=O) groups is 2. The highest BCUT2D eigenvalue weighted by molar-refractivity contribution is 5.90. The van der Waals surface area contributed by atoms with Gasteiger partial charge in [-0.3, -0.25) is 9.59 Å². The first-order valence-corrected chi connectivity index (χ1v) is 12.1. The molecule has 3 aliphatic rings. The molecule has 2 aromatic carbocycles. The predicted molar refractivity (Wildman–Crippen MR) is 128 cm³/mol. The summed E-state index contributed by atoms with van der Waals surface area (Å²) in [5.74, 6) is -0.156. The Morgan fingerprint density at radius 3 is 2.49 bits per heavy atom. The molecular weight excluding hydrogens is 520 g/mol. The lowest BCUT2D eigenvalue weighted by atomic mass is 9.89. The standard InChI is InChI=1S/C26H28O13/c1-33-15-6-5-12-14-9-35-16-7-11(3-4-13(16)23(14)39-24(12)25(15)34-2)37-26-22(32)21(31)20(30)17(38-26)10-36-19(29)8-18(27)28/h3-7,14,17,20-23,26,30-32H,8-10H2,1-2H3,(H,27,28)/t14-,17+,20+,21-,22+,23-,26+/m0/s1. The van der Waals surface area contributed by atoms with Gasteiger partial charge in [-0.15, -0.1) is 0 Å². The van der Waals surface area contributed by atoms with Crippen LogP contribution in [0.1, 0.15) is 29.6 Å². The molecule has 2 aromatic rings. The number of carbonyl (C=O) groups excluding carboxylic acids is 1. The Labute approximate surface area is 222 Å². The molecule has 0 aromatic heterocycles. The van der Waals surface area contributed by atoms with Gasteiger partial charge >= 0.3 is 11.9 Å². The highest BCUT2D eigenvalue weighted by Gasteiger charge is 2.46. The summed E-state index contributed by atoms with van der Waals surface area (Å²) in [5, 5.41) is 39.6. The zero-order valence-electron chi connectivity index (χ0n) is 21.0. The van der Waals surface area contributed by atoms with Crippen LogP contribution in [0.3, 0.4) is 0 Å². The van der Waals surface area contributed by atoms with Crippen molar-refractivity contribution in [3.63, 3.8) is 0 Å². The van der Waals surface area contributed by atoms with Crippen LogP contribution < -0.4 is 23.7 Å². The molecule has 0 amide bonds. The number of benzene rings is 2. The fraction of sp³-hybridized carbons (Fsp3) is 0.462. The van der Waals surface area contributed by atoms with Gasteiger partial charge in [0.2, 0.25) is 12.0 Å². The van der Waals surface area contributed by atoms with Gasteiger partial charge in [0.1, 0.15) is 55.0 Å². The highest BCUT2D eigenvalue weighted by atomic mass is 16.7. The van der Waals surface area contributed by atoms with Crippen molar-refractivity contribution >= 4 is 11.9 Å². The monoisotopic (exact) mass is 548 g/mol. The lowest BCUT2D eigenvalue weighted by Crippen LogP contribution is -2.60. The van der Waals surface area contributed by atoms with E-state index in [0.29, 0.717) is 29.6 Å². The third-order valence-corrected chi connectivity index (χ3v) is 6.88. The van der Waals surface area contributed by atoms with Crippen molar-refractivity contribution in [2.45, 2.75) is 49.1 Å². The quantitative estimate of drug-likeness (QED) is 0.265. The van der Waals surface area contributed by atoms with Crippen LogP contribution in [0, 0.1) is 0 Å². The number of esters is 1. The molecule has 1 saturated heterocycles. The van der Waals surface area contributed by atoms with E-state index in [1.54, 1.807) is 32.4 Å². The molecule has 7 atom stereocenters. The molecule has 0 aliphatic carbocycles. The van der Waals surface area contributed by atoms with E-state index in [4.69, 9.17) is 38.3 Å². The van der Waals surface area contributed by atoms with E-state index >= 15 is 0 Å². The minimum Gasteiger partial charge on any atom is -0.493 e. The molecule has 3 aliphatic heterocycles. The maximum atomic E-state index is 11.6. The Bertz CT molecular complexity index is 1250. The first-order chi connectivity index (χ1) is 18.7. The van der Waals surface area contributed by atoms with Crippen LogP contribution in [0.4, 0.5) is 0 Å². The van der Waals surface area contributed by atoms with Crippen LogP contribution >= 0.6 is 0 Å². The lowest BCUT2D eigenvalue weighted by molar-refractivity contribution is -0.278. The minimum absolute atomic E-state index is 0.0798. The molecule has 0 spiro atoms. The molecule has 13 heteroatoms. The van der Waals surface area contributed by atoms with Crippen LogP contribution in [0.5, 0.6) is 28.7 Å². The number of hydrogen-bond donors (Lipinski definition) is 4. The summed E-state index contributed by atoms with van der Waals surface area (Å²) in [7, 11) is 3.09. The molecule has 39 heavy (non-hydrogen) atoms. The normalized spacial score (nSPS) is 28.6. The van der Waals surface area contributed by atoms with Crippen molar-refractivity contribution in [3.8, 4) is 28.7 Å². The van der Waals surface area contributed by atoms with E-state index in [9.17, 15) is 24.9 Å². The Kier molecular flexibility index (Phi) is 7.40. The molecule has 0 bridgehead atoms. The summed E-state index contributed by atoms with van der Waals surface area (Å²) in [6, 6.07) is 8.69. The van der Waals surface area contributed by atoms with Gasteiger partial charge in [-0.05, 0) is 18.2 Å². The molecule has 5 rings (SSSR count). The molecule has 4 N–H and O–H groups in total. The SMILES string of the molecule is COc1ccc2c(c1OC)O[C@H]1c3ccc(O[C@@H]4O[C@H](COC(=O)CC(=O)O)[C@@H](O)[C@H](O)[C@H]4O)cc3OC[C@@H]21. The topological polar surface area (TPSA) is 180 Å². The predicted octanol–water partition coefficient (Wildman–Crippen LogP) is 0.518. The maximum absolute atomic E-state index is 11.6. The fourth-order valence-electron chi connectivity index (χ4n) is 4.92. The average Bonchev–Trinajstić information content (AvgIpc) is 3.30. The van der Waals surface area contributed by atoms with Gasteiger partial charge in [0, 0.05) is 17.2 Å². The average molecular weight is 548 g/mol.